The van der Waals surface area contributed by atoms with Gasteiger partial charge in [0.1, 0.15) is 0 Å². The van der Waals surface area contributed by atoms with Gasteiger partial charge in [0.25, 0.3) is 0 Å². The molecule has 5 saturated carbocycles. The smallest absolute Gasteiger partial charge is 0.0818 e. The molecule has 0 radical (unpaired) electrons. The average Bonchev–Trinajstić information content (AvgIpc) is 2.70. The minimum atomic E-state index is 0.225. The largest absolute Gasteiger partial charge is 0.376 e. The monoisotopic (exact) mass is 414 g/mol. The molecular formula is C24H34N2S2. The molecule has 28 heavy (non-hydrogen) atoms. The van der Waals surface area contributed by atoms with E-state index in [0.717, 1.165) is 29.9 Å². The number of thioether (sulfide) groups is 1. The van der Waals surface area contributed by atoms with Crippen molar-refractivity contribution < 1.29 is 0 Å². The molecule has 5 aliphatic rings. The molecule has 4 heteroatoms. The van der Waals surface area contributed by atoms with E-state index in [1.165, 1.54) is 49.9 Å². The molecule has 6 rings (SSSR count). The number of hydrogen-bond acceptors (Lipinski definition) is 3. The van der Waals surface area contributed by atoms with Gasteiger partial charge in [0, 0.05) is 22.7 Å². The van der Waals surface area contributed by atoms with Crippen molar-refractivity contribution in [3.05, 3.63) is 35.9 Å². The molecule has 2 unspecified atom stereocenters. The highest BCUT2D eigenvalue weighted by Gasteiger charge is 2.62. The molecule has 1 aromatic carbocycles. The Morgan fingerprint density at radius 1 is 1.04 bits per heavy atom. The van der Waals surface area contributed by atoms with E-state index < -0.39 is 0 Å². The van der Waals surface area contributed by atoms with Crippen LogP contribution in [0.5, 0.6) is 0 Å². The molecule has 0 saturated heterocycles. The lowest BCUT2D eigenvalue weighted by Crippen LogP contribution is -2.63. The fraction of sp³-hybridized carbons (Fsp3) is 0.708. The van der Waals surface area contributed by atoms with Crippen LogP contribution >= 0.6 is 24.0 Å². The van der Waals surface area contributed by atoms with E-state index in [1.807, 2.05) is 0 Å². The molecule has 2 atom stereocenters. The van der Waals surface area contributed by atoms with Crippen molar-refractivity contribution in [3.63, 3.8) is 0 Å². The fourth-order valence-electron chi connectivity index (χ4n) is 7.49. The Labute approximate surface area is 179 Å². The molecule has 0 aliphatic heterocycles. The minimum Gasteiger partial charge on any atom is -0.376 e. The highest BCUT2D eigenvalue weighted by Crippen LogP contribution is 2.67. The summed E-state index contributed by atoms with van der Waals surface area (Å²) in [6.45, 7) is 0. The zero-order valence-corrected chi connectivity index (χ0v) is 18.7. The summed E-state index contributed by atoms with van der Waals surface area (Å²) in [4.78, 5) is 1.20. The Bertz CT molecular complexity index is 709. The SMILES string of the molecule is CSC1C2CC3(C(=S)NC4CCC(N)CC4)CC1CC(c1ccccc1)(C2)C3. The molecular weight excluding hydrogens is 380 g/mol. The Balaban J connectivity index is 1.42. The van der Waals surface area contributed by atoms with Gasteiger partial charge in [-0.1, -0.05) is 42.5 Å². The first-order chi connectivity index (χ1) is 13.5. The Kier molecular flexibility index (Phi) is 5.04. The Hall–Kier alpha value is -0.580. The number of thiocarbonyl (C=S) groups is 1. The summed E-state index contributed by atoms with van der Waals surface area (Å²) in [6, 6.07) is 12.3. The van der Waals surface area contributed by atoms with Crippen LogP contribution in [0.3, 0.4) is 0 Å². The highest BCUT2D eigenvalue weighted by molar-refractivity contribution is 7.99. The maximum atomic E-state index is 6.18. The van der Waals surface area contributed by atoms with E-state index in [2.05, 4.69) is 53.7 Å². The van der Waals surface area contributed by atoms with Crippen LogP contribution in [-0.4, -0.2) is 28.6 Å². The quantitative estimate of drug-likeness (QED) is 0.676. The van der Waals surface area contributed by atoms with E-state index in [9.17, 15) is 0 Å². The van der Waals surface area contributed by atoms with Crippen LogP contribution in [0.1, 0.15) is 63.4 Å². The predicted molar refractivity (Wildman–Crippen MR) is 124 cm³/mol. The summed E-state index contributed by atoms with van der Waals surface area (Å²) in [5, 5.41) is 4.70. The van der Waals surface area contributed by atoms with Gasteiger partial charge in [-0.05, 0) is 86.9 Å². The van der Waals surface area contributed by atoms with Crippen molar-refractivity contribution in [2.75, 3.05) is 6.26 Å². The second-order valence-corrected chi connectivity index (χ2v) is 11.6. The van der Waals surface area contributed by atoms with Crippen LogP contribution in [0.2, 0.25) is 0 Å². The summed E-state index contributed by atoms with van der Waals surface area (Å²) >= 11 is 8.30. The molecule has 3 N–H and O–H groups in total. The topological polar surface area (TPSA) is 38.0 Å². The zero-order valence-electron chi connectivity index (χ0n) is 17.0. The Morgan fingerprint density at radius 3 is 2.29 bits per heavy atom. The van der Waals surface area contributed by atoms with Crippen molar-refractivity contribution in [1.29, 1.82) is 0 Å². The zero-order chi connectivity index (χ0) is 19.4. The summed E-state index contributed by atoms with van der Waals surface area (Å²) in [7, 11) is 0. The van der Waals surface area contributed by atoms with Gasteiger partial charge < -0.3 is 11.1 Å². The Morgan fingerprint density at radius 2 is 1.68 bits per heavy atom. The molecule has 1 aromatic rings. The molecule has 152 valence electrons. The van der Waals surface area contributed by atoms with Gasteiger partial charge in [0.2, 0.25) is 0 Å². The lowest BCUT2D eigenvalue weighted by Gasteiger charge is -2.65. The molecule has 5 aliphatic carbocycles. The standard InChI is InChI=1S/C24H34N2S2/c1-28-21-16-11-23(18-5-3-2-4-6-18)12-17(21)14-24(13-16,15-23)22(27)26-20-9-7-19(25)8-10-20/h2-6,16-17,19-21H,7-15,25H2,1H3,(H,26,27). The van der Waals surface area contributed by atoms with Gasteiger partial charge in [-0.2, -0.15) is 11.8 Å². The lowest BCUT2D eigenvalue weighted by atomic mass is 9.42. The normalized spacial score (nSPS) is 44.4. The molecule has 0 amide bonds. The van der Waals surface area contributed by atoms with Crippen molar-refractivity contribution in [3.8, 4) is 0 Å². The summed E-state index contributed by atoms with van der Waals surface area (Å²) < 4.78 is 0. The highest BCUT2D eigenvalue weighted by atomic mass is 32.2. The van der Waals surface area contributed by atoms with Gasteiger partial charge >= 0.3 is 0 Å². The average molecular weight is 415 g/mol. The van der Waals surface area contributed by atoms with Crippen LogP contribution in [0.4, 0.5) is 0 Å². The van der Waals surface area contributed by atoms with E-state index in [0.29, 0.717) is 17.5 Å². The van der Waals surface area contributed by atoms with Crippen LogP contribution in [0.15, 0.2) is 30.3 Å². The van der Waals surface area contributed by atoms with Gasteiger partial charge in [0.15, 0.2) is 0 Å². The summed E-state index contributed by atoms with van der Waals surface area (Å²) in [6.07, 6.45) is 13.6. The molecule has 4 bridgehead atoms. The van der Waals surface area contributed by atoms with Gasteiger partial charge in [-0.3, -0.25) is 0 Å². The predicted octanol–water partition coefficient (Wildman–Crippen LogP) is 5.05. The first-order valence-electron chi connectivity index (χ1n) is 11.2. The molecule has 0 heterocycles. The maximum absolute atomic E-state index is 6.18. The van der Waals surface area contributed by atoms with Gasteiger partial charge in [0.05, 0.1) is 4.99 Å². The minimum absolute atomic E-state index is 0.225. The van der Waals surface area contributed by atoms with Crippen molar-refractivity contribution in [1.82, 2.24) is 5.32 Å². The van der Waals surface area contributed by atoms with Crippen LogP contribution < -0.4 is 11.1 Å². The van der Waals surface area contributed by atoms with Crippen molar-refractivity contribution in [2.24, 2.45) is 23.0 Å². The fourth-order valence-corrected chi connectivity index (χ4v) is 9.05. The molecule has 5 fully saturated rings. The molecule has 2 nitrogen and oxygen atoms in total. The third-order valence-corrected chi connectivity index (χ3v) is 10.3. The van der Waals surface area contributed by atoms with Crippen LogP contribution in [0.25, 0.3) is 0 Å². The van der Waals surface area contributed by atoms with Crippen molar-refractivity contribution >= 4 is 29.0 Å². The van der Waals surface area contributed by atoms with Gasteiger partial charge in [-0.25, -0.2) is 0 Å². The van der Waals surface area contributed by atoms with E-state index in [-0.39, 0.29) is 5.41 Å². The van der Waals surface area contributed by atoms with Crippen LogP contribution in [0, 0.1) is 17.3 Å². The van der Waals surface area contributed by atoms with Crippen molar-refractivity contribution in [2.45, 2.75) is 80.5 Å². The number of nitrogens with two attached hydrogens (primary N) is 1. The van der Waals surface area contributed by atoms with Crippen LogP contribution in [-0.2, 0) is 5.41 Å². The molecule has 0 aromatic heterocycles. The summed E-state index contributed by atoms with van der Waals surface area (Å²) in [5.74, 6) is 1.63. The molecule has 0 spiro atoms. The number of hydrogen-bond donors (Lipinski definition) is 2. The number of rotatable bonds is 4. The second-order valence-electron chi connectivity index (χ2n) is 10.2. The van der Waals surface area contributed by atoms with E-state index in [1.54, 1.807) is 5.56 Å². The van der Waals surface area contributed by atoms with E-state index in [4.69, 9.17) is 18.0 Å². The first kappa shape index (κ1) is 19.4. The second kappa shape index (κ2) is 7.28. The van der Waals surface area contributed by atoms with E-state index >= 15 is 0 Å². The lowest BCUT2D eigenvalue weighted by molar-refractivity contribution is -0.0296. The third kappa shape index (κ3) is 3.15. The maximum Gasteiger partial charge on any atom is 0.0818 e. The summed E-state index contributed by atoms with van der Waals surface area (Å²) in [5.41, 5.74) is 8.26. The third-order valence-electron chi connectivity index (χ3n) is 8.46. The van der Waals surface area contributed by atoms with Gasteiger partial charge in [-0.15, -0.1) is 0 Å². The number of benzene rings is 1. The first-order valence-corrected chi connectivity index (χ1v) is 12.9. The number of nitrogens with one attached hydrogen (secondary N) is 1.